The normalized spacial score (nSPS) is 18.3. The third-order valence-corrected chi connectivity index (χ3v) is 18.1. The number of rotatable bonds is 47. The fraction of sp³-hybridized carbons (Fsp3) is 0.632. The molecule has 0 aliphatic heterocycles. The summed E-state index contributed by atoms with van der Waals surface area (Å²) in [6.07, 6.45) is 56.5. The van der Waals surface area contributed by atoms with Crippen molar-refractivity contribution in [3.63, 3.8) is 0 Å². The van der Waals surface area contributed by atoms with Crippen LogP contribution in [0, 0.1) is 0 Å². The van der Waals surface area contributed by atoms with Gasteiger partial charge in [-0.1, -0.05) is 330 Å². The van der Waals surface area contributed by atoms with Crippen molar-refractivity contribution in [1.82, 2.24) is 0 Å². The first-order valence-electron chi connectivity index (χ1n) is 39.0. The minimum atomic E-state index is -0.869. The summed E-state index contributed by atoms with van der Waals surface area (Å²) in [5.74, 6) is 0. The maximum Gasteiger partial charge on any atom is 0.0983 e. The van der Waals surface area contributed by atoms with E-state index in [4.69, 9.17) is 0 Å². The molecule has 0 amide bonds. The van der Waals surface area contributed by atoms with Gasteiger partial charge in [-0.05, 0) is 141 Å². The molecular formula is C87H142O12. The summed E-state index contributed by atoms with van der Waals surface area (Å²) in [5.41, 5.74) is 8.80. The monoisotopic (exact) mass is 1380 g/mol. The first-order valence-corrected chi connectivity index (χ1v) is 39.0. The molecule has 0 spiro atoms. The summed E-state index contributed by atoms with van der Waals surface area (Å²) in [6, 6.07) is 15.6. The van der Waals surface area contributed by atoms with Gasteiger partial charge >= 0.3 is 0 Å². The van der Waals surface area contributed by atoms with Gasteiger partial charge in [0.25, 0.3) is 0 Å². The zero-order chi connectivity index (χ0) is 73.3. The number of benzene rings is 2. The van der Waals surface area contributed by atoms with E-state index in [1.807, 2.05) is 91.1 Å². The topological polar surface area (TPSA) is 243 Å². The molecule has 0 saturated heterocycles. The van der Waals surface area contributed by atoms with Gasteiger partial charge in [0.05, 0.1) is 73.2 Å². The van der Waals surface area contributed by atoms with Gasteiger partial charge in [0.1, 0.15) is 0 Å². The van der Waals surface area contributed by atoms with Crippen LogP contribution in [0.15, 0.2) is 156 Å². The number of allylic oxidation sites excluding steroid dienone is 12. The molecule has 99 heavy (non-hydrogen) atoms. The molecule has 0 heterocycles. The Kier molecular flexibility index (Phi) is 56.8. The molecule has 2 aliphatic carbocycles. The van der Waals surface area contributed by atoms with Crippen LogP contribution in [-0.4, -0.2) is 128 Å². The predicted octanol–water partition coefficient (Wildman–Crippen LogP) is 18.3. The highest BCUT2D eigenvalue weighted by Gasteiger charge is 2.18. The smallest absolute Gasteiger partial charge is 0.0983 e. The van der Waals surface area contributed by atoms with Crippen molar-refractivity contribution in [1.29, 1.82) is 0 Å². The molecule has 0 saturated carbocycles. The van der Waals surface area contributed by atoms with Gasteiger partial charge in [-0.2, -0.15) is 0 Å². The van der Waals surface area contributed by atoms with Crippen LogP contribution in [0.5, 0.6) is 0 Å². The first-order chi connectivity index (χ1) is 47.8. The molecule has 2 aromatic carbocycles. The minimum Gasteiger partial charge on any atom is -0.393 e. The number of unbranched alkanes of at least 4 members (excludes halogenated alkanes) is 12. The SMILES string of the molecule is CCCCC[C@@H](O)/C=C/C1=CC(=C\C=C\[C@@H](O)[C@@H](O)CCCC)/CCC1.CCCCC[C@H](O)/C=C/C1=CC(=C\C=C\[C@@H](O)[C@@H](O)CCCC)/CCC1.CCCCC[C@H](O)Cc1ccccc1/C=C/[C@@H](O)[C@@H](O)CCCC.CCCCC[C@H](O)c1ccccc1/C=C/[C@@H](O)[C@@H](O)CCCC. The second kappa shape index (κ2) is 60.9. The Hall–Kier alpha value is -4.64. The van der Waals surface area contributed by atoms with E-state index in [9.17, 15) is 61.3 Å². The molecule has 12 nitrogen and oxygen atoms in total. The van der Waals surface area contributed by atoms with Crippen molar-refractivity contribution in [3.05, 3.63) is 178 Å². The quantitative estimate of drug-likeness (QED) is 0.0277. The zero-order valence-electron chi connectivity index (χ0n) is 62.9. The van der Waals surface area contributed by atoms with Gasteiger partial charge in [0.2, 0.25) is 0 Å². The Morgan fingerprint density at radius 2 is 0.687 bits per heavy atom. The molecule has 2 aromatic rings. The molecule has 0 bridgehead atoms. The van der Waals surface area contributed by atoms with Gasteiger partial charge in [0.15, 0.2) is 0 Å². The molecule has 12 heteroatoms. The van der Waals surface area contributed by atoms with Crippen molar-refractivity contribution in [2.45, 2.75) is 353 Å². The van der Waals surface area contributed by atoms with Crippen LogP contribution in [0.3, 0.4) is 0 Å². The van der Waals surface area contributed by atoms with Gasteiger partial charge in [-0.3, -0.25) is 0 Å². The molecule has 0 fully saturated rings. The Labute approximate surface area is 601 Å². The summed E-state index contributed by atoms with van der Waals surface area (Å²) in [7, 11) is 0. The second-order valence-corrected chi connectivity index (χ2v) is 27.5. The van der Waals surface area contributed by atoms with E-state index in [-0.39, 0.29) is 18.3 Å². The van der Waals surface area contributed by atoms with Gasteiger partial charge in [-0.15, -0.1) is 0 Å². The standard InChI is InChI=1S/2C23H38O3.C21H34O3.C20H32O3/c2*1-3-5-7-13-21(24)17-16-20-11-8-10-19(18-20)12-9-15-23(26)22(25)14-6-4-2;1-3-5-7-12-19(22)16-18-11-9-8-10-17(18)14-15-21(24)20(23)13-6-4-2;1-3-5-7-13-18(21)17-11-9-8-10-16(17)14-15-20(23)19(22)12-6-4-2/h2*9,12,15-18,21-26H,3-8,10-11,13-14H2,1-2H3;8-11,14-15,19-24H,3-7,12-13,16H2,1-2H3;8-11,14-15,18-23H,3-7,12-13H2,1-2H3/b2*15-9+,17-16+,19-12-;2*15-14+/t21-,22+,23-;21-,22-,23+;19-,20-,21+;18-,19-,20+/m1000/s1. The van der Waals surface area contributed by atoms with Crippen molar-refractivity contribution < 1.29 is 61.3 Å². The van der Waals surface area contributed by atoms with E-state index < -0.39 is 54.9 Å². The van der Waals surface area contributed by atoms with Crippen molar-refractivity contribution in [2.24, 2.45) is 0 Å². The maximum absolute atomic E-state index is 10.4. The third kappa shape index (κ3) is 46.6. The summed E-state index contributed by atoms with van der Waals surface area (Å²) in [4.78, 5) is 0. The van der Waals surface area contributed by atoms with E-state index in [0.717, 1.165) is 189 Å². The van der Waals surface area contributed by atoms with E-state index in [2.05, 4.69) is 79.7 Å². The predicted molar refractivity (Wildman–Crippen MR) is 417 cm³/mol. The number of aliphatic hydroxyl groups excluding tert-OH is 12. The maximum atomic E-state index is 10.4. The molecule has 2 aliphatic rings. The largest absolute Gasteiger partial charge is 0.393 e. The third-order valence-electron chi connectivity index (χ3n) is 18.1. The summed E-state index contributed by atoms with van der Waals surface area (Å²) in [6.45, 7) is 16.9. The van der Waals surface area contributed by atoms with Crippen molar-refractivity contribution in [2.75, 3.05) is 0 Å². The summed E-state index contributed by atoms with van der Waals surface area (Å²) >= 11 is 0. The van der Waals surface area contributed by atoms with E-state index in [1.54, 1.807) is 30.4 Å². The Balaban J connectivity index is 0.000000661. The highest BCUT2D eigenvalue weighted by Crippen LogP contribution is 2.28. The first kappa shape index (κ1) is 92.4. The number of hydrogen-bond acceptors (Lipinski definition) is 12. The fourth-order valence-electron chi connectivity index (χ4n) is 11.6. The van der Waals surface area contributed by atoms with Crippen LogP contribution in [0.25, 0.3) is 12.2 Å². The molecule has 0 aromatic heterocycles. The Morgan fingerprint density at radius 3 is 1.10 bits per heavy atom. The minimum absolute atomic E-state index is 0.328. The molecule has 0 radical (unpaired) electrons. The lowest BCUT2D eigenvalue weighted by Crippen LogP contribution is -2.23. The zero-order valence-corrected chi connectivity index (χ0v) is 62.9. The molecule has 562 valence electrons. The number of aliphatic hydroxyl groups is 12. The Bertz CT molecular complexity index is 2520. The van der Waals surface area contributed by atoms with Crippen LogP contribution < -0.4 is 0 Å². The van der Waals surface area contributed by atoms with E-state index >= 15 is 0 Å². The van der Waals surface area contributed by atoms with Crippen molar-refractivity contribution >= 4 is 12.2 Å². The van der Waals surface area contributed by atoms with Crippen LogP contribution in [-0.2, 0) is 6.42 Å². The summed E-state index contributed by atoms with van der Waals surface area (Å²) in [5, 5.41) is 120. The van der Waals surface area contributed by atoms with Crippen LogP contribution in [0.4, 0.5) is 0 Å². The lowest BCUT2D eigenvalue weighted by Gasteiger charge is -2.16. The molecular weight excluding hydrogens is 1240 g/mol. The van der Waals surface area contributed by atoms with Crippen LogP contribution in [0.1, 0.15) is 302 Å². The van der Waals surface area contributed by atoms with Gasteiger partial charge in [0, 0.05) is 0 Å². The van der Waals surface area contributed by atoms with E-state index in [0.29, 0.717) is 32.1 Å². The summed E-state index contributed by atoms with van der Waals surface area (Å²) < 4.78 is 0. The number of hydrogen-bond donors (Lipinski definition) is 12. The van der Waals surface area contributed by atoms with Gasteiger partial charge < -0.3 is 61.3 Å². The molecule has 12 atom stereocenters. The lowest BCUT2D eigenvalue weighted by atomic mass is 9.94. The highest BCUT2D eigenvalue weighted by molar-refractivity contribution is 5.55. The van der Waals surface area contributed by atoms with Crippen LogP contribution in [0.2, 0.25) is 0 Å². The molecule has 0 unspecified atom stereocenters. The van der Waals surface area contributed by atoms with Crippen LogP contribution >= 0.6 is 0 Å². The highest BCUT2D eigenvalue weighted by atomic mass is 16.3. The molecule has 12 N–H and O–H groups in total. The second-order valence-electron chi connectivity index (χ2n) is 27.5. The Morgan fingerprint density at radius 1 is 0.333 bits per heavy atom. The fourth-order valence-corrected chi connectivity index (χ4v) is 11.6. The lowest BCUT2D eigenvalue weighted by molar-refractivity contribution is 0.0418. The average molecular weight is 1380 g/mol. The molecule has 4 rings (SSSR count). The van der Waals surface area contributed by atoms with Crippen molar-refractivity contribution in [3.8, 4) is 0 Å². The van der Waals surface area contributed by atoms with Gasteiger partial charge in [-0.25, -0.2) is 0 Å². The van der Waals surface area contributed by atoms with E-state index in [1.165, 1.54) is 48.0 Å². The average Bonchev–Trinajstić information content (AvgIpc) is 0.896.